The molecule has 0 aromatic carbocycles. The molecule has 2 aromatic heterocycles. The molecule has 0 aliphatic heterocycles. The van der Waals surface area contributed by atoms with Crippen LogP contribution < -0.4 is 10.6 Å². The molecule has 0 saturated heterocycles. The molecule has 19 heavy (non-hydrogen) atoms. The summed E-state index contributed by atoms with van der Waals surface area (Å²) >= 11 is 0. The van der Waals surface area contributed by atoms with Crippen LogP contribution >= 0.6 is 0 Å². The number of hydrogen-bond donors (Lipinski definition) is 2. The number of aromatic nitrogens is 3. The molecule has 0 aliphatic carbocycles. The van der Waals surface area contributed by atoms with Crippen LogP contribution in [0.1, 0.15) is 12.7 Å². The van der Waals surface area contributed by atoms with Gasteiger partial charge in [-0.15, -0.1) is 0 Å². The third-order valence-corrected chi connectivity index (χ3v) is 2.22. The lowest BCUT2D eigenvalue weighted by Gasteiger charge is -2.06. The van der Waals surface area contributed by atoms with E-state index in [4.69, 9.17) is 4.52 Å². The highest BCUT2D eigenvalue weighted by molar-refractivity contribution is 5.56. The first-order valence-corrected chi connectivity index (χ1v) is 5.59. The van der Waals surface area contributed by atoms with Crippen molar-refractivity contribution in [3.63, 3.8) is 0 Å². The zero-order valence-electron chi connectivity index (χ0n) is 10.2. The first-order chi connectivity index (χ1) is 9.20. The van der Waals surface area contributed by atoms with Crippen molar-refractivity contribution in [2.45, 2.75) is 13.5 Å². The second-order valence-electron chi connectivity index (χ2n) is 3.55. The molecule has 0 amide bonds. The van der Waals surface area contributed by atoms with E-state index < -0.39 is 4.92 Å². The molecule has 0 atom stereocenters. The summed E-state index contributed by atoms with van der Waals surface area (Å²) in [7, 11) is 0. The lowest BCUT2D eigenvalue weighted by molar-refractivity contribution is -0.384. The van der Waals surface area contributed by atoms with Gasteiger partial charge in [0.1, 0.15) is 6.20 Å². The van der Waals surface area contributed by atoms with Crippen LogP contribution in [0.4, 0.5) is 17.5 Å². The maximum atomic E-state index is 10.9. The summed E-state index contributed by atoms with van der Waals surface area (Å²) in [5.41, 5.74) is -0.193. The molecule has 0 spiro atoms. The molecule has 0 unspecified atom stereocenters. The fourth-order valence-electron chi connectivity index (χ4n) is 1.39. The van der Waals surface area contributed by atoms with E-state index in [-0.39, 0.29) is 18.1 Å². The average molecular weight is 264 g/mol. The van der Waals surface area contributed by atoms with E-state index in [1.165, 1.54) is 6.20 Å². The molecule has 0 bridgehead atoms. The van der Waals surface area contributed by atoms with Crippen LogP contribution in [0.5, 0.6) is 0 Å². The van der Waals surface area contributed by atoms with E-state index in [1.807, 2.05) is 6.92 Å². The van der Waals surface area contributed by atoms with Gasteiger partial charge in [0.15, 0.2) is 5.76 Å². The van der Waals surface area contributed by atoms with E-state index in [9.17, 15) is 10.1 Å². The van der Waals surface area contributed by atoms with Crippen molar-refractivity contribution < 1.29 is 9.45 Å². The van der Waals surface area contributed by atoms with Crippen molar-refractivity contribution in [3.05, 3.63) is 34.3 Å². The Hall–Kier alpha value is -2.71. The van der Waals surface area contributed by atoms with Crippen molar-refractivity contribution in [3.8, 4) is 0 Å². The number of nitro groups is 1. The molecule has 0 fully saturated rings. The number of nitrogens with zero attached hydrogens (tertiary/aromatic N) is 4. The zero-order valence-corrected chi connectivity index (χ0v) is 10.2. The molecule has 2 heterocycles. The van der Waals surface area contributed by atoms with Crippen LogP contribution in [0.25, 0.3) is 0 Å². The van der Waals surface area contributed by atoms with Crippen molar-refractivity contribution in [1.29, 1.82) is 0 Å². The molecule has 100 valence electrons. The van der Waals surface area contributed by atoms with E-state index in [0.29, 0.717) is 18.3 Å². The lowest BCUT2D eigenvalue weighted by atomic mass is 10.4. The Morgan fingerprint density at radius 1 is 1.47 bits per heavy atom. The van der Waals surface area contributed by atoms with Crippen molar-refractivity contribution in [1.82, 2.24) is 15.1 Å². The van der Waals surface area contributed by atoms with Crippen LogP contribution in [0.15, 0.2) is 23.0 Å². The summed E-state index contributed by atoms with van der Waals surface area (Å²) in [4.78, 5) is 18.2. The summed E-state index contributed by atoms with van der Waals surface area (Å²) in [5, 5.41) is 20.1. The largest absolute Gasteiger partial charge is 0.360 e. The quantitative estimate of drug-likeness (QED) is 0.593. The number of hydrogen-bond acceptors (Lipinski definition) is 8. The van der Waals surface area contributed by atoms with Gasteiger partial charge in [-0.25, -0.2) is 4.98 Å². The Morgan fingerprint density at radius 3 is 2.95 bits per heavy atom. The van der Waals surface area contributed by atoms with Gasteiger partial charge < -0.3 is 15.2 Å². The number of anilines is 2. The Morgan fingerprint density at radius 2 is 2.32 bits per heavy atom. The smallest absolute Gasteiger partial charge is 0.329 e. The zero-order chi connectivity index (χ0) is 13.7. The fourth-order valence-corrected chi connectivity index (χ4v) is 1.39. The number of rotatable bonds is 6. The van der Waals surface area contributed by atoms with Crippen LogP contribution in [0, 0.1) is 10.1 Å². The molecule has 2 rings (SSSR count). The maximum Gasteiger partial charge on any atom is 0.329 e. The van der Waals surface area contributed by atoms with Crippen LogP contribution in [0.2, 0.25) is 0 Å². The third-order valence-electron chi connectivity index (χ3n) is 2.22. The van der Waals surface area contributed by atoms with E-state index >= 15 is 0 Å². The first-order valence-electron chi connectivity index (χ1n) is 5.59. The Kier molecular flexibility index (Phi) is 3.86. The van der Waals surface area contributed by atoms with Crippen molar-refractivity contribution in [2.24, 2.45) is 0 Å². The monoisotopic (exact) mass is 264 g/mol. The fraction of sp³-hybridized carbons (Fsp3) is 0.300. The summed E-state index contributed by atoms with van der Waals surface area (Å²) in [6.07, 6.45) is 2.66. The summed E-state index contributed by atoms with van der Waals surface area (Å²) in [6, 6.07) is 1.66. The molecule has 2 N–H and O–H groups in total. The van der Waals surface area contributed by atoms with E-state index in [0.717, 1.165) is 6.20 Å². The summed E-state index contributed by atoms with van der Waals surface area (Å²) in [5.74, 6) is 1.01. The van der Waals surface area contributed by atoms with Crippen LogP contribution in [0.3, 0.4) is 0 Å². The second kappa shape index (κ2) is 5.76. The highest BCUT2D eigenvalue weighted by Crippen LogP contribution is 2.22. The van der Waals surface area contributed by atoms with E-state index in [1.54, 1.807) is 6.07 Å². The molecule has 0 saturated carbocycles. The lowest BCUT2D eigenvalue weighted by Crippen LogP contribution is -2.08. The standard InChI is InChI=1S/C10H12N6O3/c1-2-11-10-13-6-8(16(17)18)9(15-10)12-5-7-3-4-14-19-7/h3-4,6H,2,5H2,1H3,(H2,11,12,13,15). The van der Waals surface area contributed by atoms with Gasteiger partial charge in [-0.05, 0) is 6.92 Å². The highest BCUT2D eigenvalue weighted by Gasteiger charge is 2.17. The topological polar surface area (TPSA) is 119 Å². The van der Waals surface area contributed by atoms with Gasteiger partial charge in [0.05, 0.1) is 17.7 Å². The molecular formula is C10H12N6O3. The first kappa shape index (κ1) is 12.7. The van der Waals surface area contributed by atoms with Gasteiger partial charge in [0, 0.05) is 12.6 Å². The predicted molar refractivity (Wildman–Crippen MR) is 66.7 cm³/mol. The van der Waals surface area contributed by atoms with Crippen LogP contribution in [-0.4, -0.2) is 26.6 Å². The predicted octanol–water partition coefficient (Wildman–Crippen LogP) is 1.42. The van der Waals surface area contributed by atoms with Gasteiger partial charge in [-0.1, -0.05) is 5.16 Å². The van der Waals surface area contributed by atoms with Crippen LogP contribution in [-0.2, 0) is 6.54 Å². The minimum atomic E-state index is -0.543. The average Bonchev–Trinajstić information content (AvgIpc) is 2.89. The highest BCUT2D eigenvalue weighted by atomic mass is 16.6. The normalized spacial score (nSPS) is 10.2. The molecule has 9 heteroatoms. The van der Waals surface area contributed by atoms with Gasteiger partial charge in [0.2, 0.25) is 11.8 Å². The number of nitrogens with one attached hydrogen (secondary N) is 2. The minimum Gasteiger partial charge on any atom is -0.360 e. The molecular weight excluding hydrogens is 252 g/mol. The molecule has 0 aliphatic rings. The van der Waals surface area contributed by atoms with Gasteiger partial charge in [-0.2, -0.15) is 4.98 Å². The SMILES string of the molecule is CCNc1ncc([N+](=O)[O-])c(NCc2ccno2)n1. The second-order valence-corrected chi connectivity index (χ2v) is 3.55. The molecule has 9 nitrogen and oxygen atoms in total. The van der Waals surface area contributed by atoms with Crippen molar-refractivity contribution in [2.75, 3.05) is 17.2 Å². The van der Waals surface area contributed by atoms with Gasteiger partial charge in [-0.3, -0.25) is 10.1 Å². The summed E-state index contributed by atoms with van der Waals surface area (Å²) in [6.45, 7) is 2.76. The third kappa shape index (κ3) is 3.15. The Bertz CT molecular complexity index is 556. The minimum absolute atomic E-state index is 0.132. The van der Waals surface area contributed by atoms with Gasteiger partial charge in [0.25, 0.3) is 0 Å². The molecule has 2 aromatic rings. The van der Waals surface area contributed by atoms with Gasteiger partial charge >= 0.3 is 5.69 Å². The maximum absolute atomic E-state index is 10.9. The van der Waals surface area contributed by atoms with E-state index in [2.05, 4.69) is 25.8 Å². The Balaban J connectivity index is 2.19. The molecule has 0 radical (unpaired) electrons. The van der Waals surface area contributed by atoms with Crippen molar-refractivity contribution >= 4 is 17.5 Å². The Labute approximate surface area is 108 Å². The summed E-state index contributed by atoms with van der Waals surface area (Å²) < 4.78 is 4.89.